The van der Waals surface area contributed by atoms with Gasteiger partial charge in [-0.15, -0.1) is 0 Å². The van der Waals surface area contributed by atoms with Crippen molar-refractivity contribution in [3.8, 4) is 0 Å². The Hall–Kier alpha value is -2.21. The van der Waals surface area contributed by atoms with E-state index >= 15 is 0 Å². The number of hydrogen-bond donors (Lipinski definition) is 0. The van der Waals surface area contributed by atoms with Gasteiger partial charge in [0.1, 0.15) is 0 Å². The molecule has 2 saturated heterocycles. The summed E-state index contributed by atoms with van der Waals surface area (Å²) in [5.41, 5.74) is 1.31. The molecule has 6 nitrogen and oxygen atoms in total. The van der Waals surface area contributed by atoms with Gasteiger partial charge in [-0.05, 0) is 56.4 Å². The Kier molecular flexibility index (Phi) is 7.51. The largest absolute Gasteiger partial charge is 0.381 e. The van der Waals surface area contributed by atoms with E-state index in [1.54, 1.807) is 0 Å². The molecule has 1 amide bonds. The monoisotopic (exact) mass is 411 g/mol. The first-order valence-corrected chi connectivity index (χ1v) is 11.5. The van der Waals surface area contributed by atoms with Crippen molar-refractivity contribution in [3.05, 3.63) is 47.6 Å². The van der Waals surface area contributed by atoms with Crippen LogP contribution in [0.5, 0.6) is 0 Å². The van der Waals surface area contributed by atoms with Gasteiger partial charge in [-0.3, -0.25) is 4.79 Å². The summed E-state index contributed by atoms with van der Waals surface area (Å²) >= 11 is 0. The number of benzene rings is 1. The molecule has 0 radical (unpaired) electrons. The number of aromatic nitrogens is 2. The second-order valence-corrected chi connectivity index (χ2v) is 8.64. The van der Waals surface area contributed by atoms with Gasteiger partial charge >= 0.3 is 0 Å². The maximum absolute atomic E-state index is 12.5. The zero-order valence-electron chi connectivity index (χ0n) is 17.8. The van der Waals surface area contributed by atoms with Crippen molar-refractivity contribution in [2.24, 2.45) is 5.92 Å². The van der Waals surface area contributed by atoms with E-state index in [2.05, 4.69) is 39.3 Å². The molecule has 6 heteroatoms. The van der Waals surface area contributed by atoms with Gasteiger partial charge in [0.25, 0.3) is 0 Å². The number of ether oxygens (including phenoxy) is 1. The molecule has 2 aliphatic rings. The highest BCUT2D eigenvalue weighted by atomic mass is 16.5. The molecule has 0 aliphatic carbocycles. The van der Waals surface area contributed by atoms with Crippen LogP contribution in [0.1, 0.15) is 68.1 Å². The molecule has 3 heterocycles. The van der Waals surface area contributed by atoms with E-state index < -0.39 is 0 Å². The smallest absolute Gasteiger partial charge is 0.229 e. The molecule has 2 aromatic rings. The molecule has 2 fully saturated rings. The van der Waals surface area contributed by atoms with Crippen LogP contribution in [0.4, 0.5) is 0 Å². The predicted molar refractivity (Wildman–Crippen MR) is 114 cm³/mol. The number of hydrogen-bond acceptors (Lipinski definition) is 5. The Morgan fingerprint density at radius 2 is 1.80 bits per heavy atom. The standard InChI is InChI=1S/C24H33N3O3/c28-23(8-4-7-19-5-2-1-3-6-19)27-15-11-20(12-16-27)9-10-22-25-24(30-26-22)21-13-17-29-18-14-21/h1-3,5-6,20-21H,4,7-18H2. The number of carbonyl (C=O) groups is 1. The molecule has 0 atom stereocenters. The molecular formula is C24H33N3O3. The summed E-state index contributed by atoms with van der Waals surface area (Å²) in [6.07, 6.45) is 8.59. The lowest BCUT2D eigenvalue weighted by Gasteiger charge is -2.32. The molecule has 1 aromatic heterocycles. The third-order valence-electron chi connectivity index (χ3n) is 6.50. The summed E-state index contributed by atoms with van der Waals surface area (Å²) in [6, 6.07) is 10.4. The SMILES string of the molecule is O=C(CCCc1ccccc1)N1CCC(CCc2noc(C3CCOCC3)n2)CC1. The highest BCUT2D eigenvalue weighted by Crippen LogP contribution is 2.26. The lowest BCUT2D eigenvalue weighted by molar-refractivity contribution is -0.132. The van der Waals surface area contributed by atoms with E-state index in [9.17, 15) is 4.79 Å². The van der Waals surface area contributed by atoms with Gasteiger partial charge in [0.05, 0.1) is 0 Å². The number of rotatable bonds is 8. The van der Waals surface area contributed by atoms with Crippen LogP contribution in [-0.4, -0.2) is 47.3 Å². The maximum Gasteiger partial charge on any atom is 0.229 e. The third kappa shape index (κ3) is 5.91. The second kappa shape index (κ2) is 10.7. The van der Waals surface area contributed by atoms with E-state index in [-0.39, 0.29) is 0 Å². The Morgan fingerprint density at radius 3 is 2.57 bits per heavy atom. The molecular weight excluding hydrogens is 378 g/mol. The minimum atomic E-state index is 0.309. The van der Waals surface area contributed by atoms with Crippen LogP contribution in [0.25, 0.3) is 0 Å². The summed E-state index contributed by atoms with van der Waals surface area (Å²) in [5, 5.41) is 4.19. The predicted octanol–water partition coefficient (Wildman–Crippen LogP) is 4.16. The van der Waals surface area contributed by atoms with Crippen molar-refractivity contribution in [1.82, 2.24) is 15.0 Å². The Bertz CT molecular complexity index is 778. The van der Waals surface area contributed by atoms with E-state index in [0.717, 1.165) is 89.4 Å². The van der Waals surface area contributed by atoms with Crippen molar-refractivity contribution < 1.29 is 14.1 Å². The first-order chi connectivity index (χ1) is 14.8. The summed E-state index contributed by atoms with van der Waals surface area (Å²) < 4.78 is 10.9. The fourth-order valence-electron chi connectivity index (χ4n) is 4.53. The highest BCUT2D eigenvalue weighted by Gasteiger charge is 2.24. The number of piperidine rings is 1. The second-order valence-electron chi connectivity index (χ2n) is 8.64. The molecule has 4 rings (SSSR count). The van der Waals surface area contributed by atoms with E-state index in [4.69, 9.17) is 9.26 Å². The molecule has 0 saturated carbocycles. The number of aryl methyl sites for hydroxylation is 2. The van der Waals surface area contributed by atoms with Crippen molar-refractivity contribution in [3.63, 3.8) is 0 Å². The summed E-state index contributed by atoms with van der Waals surface area (Å²) in [6.45, 7) is 3.33. The molecule has 30 heavy (non-hydrogen) atoms. The zero-order valence-corrected chi connectivity index (χ0v) is 17.8. The van der Waals surface area contributed by atoms with E-state index in [1.165, 1.54) is 5.56 Å². The van der Waals surface area contributed by atoms with Crippen LogP contribution in [0.15, 0.2) is 34.9 Å². The van der Waals surface area contributed by atoms with Gasteiger partial charge in [-0.1, -0.05) is 35.5 Å². The van der Waals surface area contributed by atoms with Gasteiger partial charge < -0.3 is 14.2 Å². The molecule has 0 bridgehead atoms. The Balaban J connectivity index is 1.13. The third-order valence-corrected chi connectivity index (χ3v) is 6.50. The van der Waals surface area contributed by atoms with E-state index in [1.807, 2.05) is 6.07 Å². The van der Waals surface area contributed by atoms with Crippen LogP contribution < -0.4 is 0 Å². The minimum Gasteiger partial charge on any atom is -0.381 e. The zero-order chi connectivity index (χ0) is 20.6. The Labute approximate surface area is 179 Å². The maximum atomic E-state index is 12.5. The topological polar surface area (TPSA) is 68.5 Å². The van der Waals surface area contributed by atoms with Gasteiger partial charge in [-0.25, -0.2) is 0 Å². The fourth-order valence-corrected chi connectivity index (χ4v) is 4.53. The van der Waals surface area contributed by atoms with Gasteiger partial charge in [-0.2, -0.15) is 4.98 Å². The average molecular weight is 412 g/mol. The van der Waals surface area contributed by atoms with Crippen molar-refractivity contribution in [2.45, 2.75) is 63.7 Å². The Morgan fingerprint density at radius 1 is 1.03 bits per heavy atom. The van der Waals surface area contributed by atoms with Crippen molar-refractivity contribution in [2.75, 3.05) is 26.3 Å². The number of amides is 1. The first kappa shape index (κ1) is 21.0. The highest BCUT2D eigenvalue weighted by molar-refractivity contribution is 5.76. The van der Waals surface area contributed by atoms with Crippen LogP contribution in [0, 0.1) is 5.92 Å². The molecule has 162 valence electrons. The lowest BCUT2D eigenvalue weighted by atomic mass is 9.92. The quantitative estimate of drug-likeness (QED) is 0.652. The van der Waals surface area contributed by atoms with Crippen molar-refractivity contribution >= 4 is 5.91 Å². The van der Waals surface area contributed by atoms with Crippen LogP contribution in [0.2, 0.25) is 0 Å². The lowest BCUT2D eigenvalue weighted by Crippen LogP contribution is -2.38. The van der Waals surface area contributed by atoms with Crippen LogP contribution >= 0.6 is 0 Å². The summed E-state index contributed by atoms with van der Waals surface area (Å²) in [7, 11) is 0. The average Bonchev–Trinajstić information content (AvgIpc) is 3.28. The fraction of sp³-hybridized carbons (Fsp3) is 0.625. The van der Waals surface area contributed by atoms with E-state index in [0.29, 0.717) is 24.2 Å². The molecule has 0 spiro atoms. The number of likely N-dealkylation sites (tertiary alicyclic amines) is 1. The van der Waals surface area contributed by atoms with Crippen LogP contribution in [-0.2, 0) is 22.4 Å². The molecule has 1 aromatic carbocycles. The van der Waals surface area contributed by atoms with Crippen LogP contribution in [0.3, 0.4) is 0 Å². The number of nitrogens with zero attached hydrogens (tertiary/aromatic N) is 3. The normalized spacial score (nSPS) is 18.6. The number of carbonyl (C=O) groups excluding carboxylic acids is 1. The molecule has 0 unspecified atom stereocenters. The summed E-state index contributed by atoms with van der Waals surface area (Å²) in [5.74, 6) is 2.92. The van der Waals surface area contributed by atoms with Gasteiger partial charge in [0.15, 0.2) is 5.82 Å². The molecule has 0 N–H and O–H groups in total. The van der Waals surface area contributed by atoms with Gasteiger partial charge in [0.2, 0.25) is 11.8 Å². The minimum absolute atomic E-state index is 0.309. The molecule has 2 aliphatic heterocycles. The first-order valence-electron chi connectivity index (χ1n) is 11.5. The summed E-state index contributed by atoms with van der Waals surface area (Å²) in [4.78, 5) is 19.2. The van der Waals surface area contributed by atoms with Crippen molar-refractivity contribution in [1.29, 1.82) is 0 Å². The van der Waals surface area contributed by atoms with Gasteiger partial charge in [0, 0.05) is 45.1 Å².